The number of nitrogens with zero attached hydrogens (tertiary/aromatic N) is 5. The molecule has 2 aromatic rings. The number of amides is 2. The highest BCUT2D eigenvalue weighted by Gasteiger charge is 2.34. The molecule has 0 saturated carbocycles. The fourth-order valence-electron chi connectivity index (χ4n) is 3.75. The molecule has 1 aliphatic rings. The van der Waals surface area contributed by atoms with Crippen molar-refractivity contribution in [3.63, 3.8) is 0 Å². The maximum Gasteiger partial charge on any atom is 0.227 e. The zero-order valence-corrected chi connectivity index (χ0v) is 18.0. The molecule has 1 unspecified atom stereocenters. The van der Waals surface area contributed by atoms with E-state index in [-0.39, 0.29) is 29.2 Å². The van der Waals surface area contributed by atoms with Gasteiger partial charge in [-0.05, 0) is 37.5 Å². The first-order chi connectivity index (χ1) is 13.7. The maximum atomic E-state index is 13.0. The van der Waals surface area contributed by atoms with Crippen molar-refractivity contribution in [2.45, 2.75) is 46.6 Å². The van der Waals surface area contributed by atoms with Crippen LogP contribution in [-0.4, -0.2) is 56.5 Å². The van der Waals surface area contributed by atoms with Crippen molar-refractivity contribution >= 4 is 11.8 Å². The van der Waals surface area contributed by atoms with Gasteiger partial charge in [-0.1, -0.05) is 32.9 Å². The van der Waals surface area contributed by atoms with E-state index in [1.807, 2.05) is 68.8 Å². The minimum atomic E-state index is -0.374. The van der Waals surface area contributed by atoms with Crippen molar-refractivity contribution in [3.05, 3.63) is 42.5 Å². The monoisotopic (exact) mass is 397 g/mol. The molecule has 7 heteroatoms. The number of carbonyl (C=O) groups excluding carboxylic acids is 2. The number of carbonyl (C=O) groups is 2. The number of benzene rings is 1. The van der Waals surface area contributed by atoms with E-state index in [0.717, 1.165) is 24.1 Å². The second-order valence-electron chi connectivity index (χ2n) is 8.87. The first-order valence-corrected chi connectivity index (χ1v) is 10.2. The first kappa shape index (κ1) is 21.0. The average molecular weight is 398 g/mol. The molecule has 1 aromatic carbocycles. The molecule has 0 radical (unpaired) electrons. The van der Waals surface area contributed by atoms with Crippen molar-refractivity contribution in [2.75, 3.05) is 20.1 Å². The topological polar surface area (TPSA) is 71.3 Å². The van der Waals surface area contributed by atoms with Gasteiger partial charge >= 0.3 is 0 Å². The number of rotatable bonds is 4. The first-order valence-electron chi connectivity index (χ1n) is 10.2. The Morgan fingerprint density at radius 3 is 2.28 bits per heavy atom. The van der Waals surface area contributed by atoms with Crippen molar-refractivity contribution < 1.29 is 9.59 Å². The SMILES string of the molecule is CC(c1ccc(-n2cncn2)cc1)N(C)C(=O)C1CCN(C(=O)C(C)(C)C)CC1. The molecule has 0 spiro atoms. The summed E-state index contributed by atoms with van der Waals surface area (Å²) in [7, 11) is 1.87. The molecule has 0 N–H and O–H groups in total. The van der Waals surface area contributed by atoms with Crippen LogP contribution in [0.5, 0.6) is 0 Å². The van der Waals surface area contributed by atoms with Crippen LogP contribution in [0.1, 0.15) is 52.1 Å². The number of hydrogen-bond acceptors (Lipinski definition) is 4. The van der Waals surface area contributed by atoms with E-state index in [1.165, 1.54) is 6.33 Å². The van der Waals surface area contributed by atoms with Crippen molar-refractivity contribution in [1.29, 1.82) is 0 Å². The summed E-state index contributed by atoms with van der Waals surface area (Å²) < 4.78 is 1.70. The van der Waals surface area contributed by atoms with Gasteiger partial charge in [-0.15, -0.1) is 0 Å². The summed E-state index contributed by atoms with van der Waals surface area (Å²) in [5, 5.41) is 4.13. The van der Waals surface area contributed by atoms with Gasteiger partial charge in [0.25, 0.3) is 0 Å². The highest BCUT2D eigenvalue weighted by atomic mass is 16.2. The number of aromatic nitrogens is 3. The number of hydrogen-bond donors (Lipinski definition) is 0. The molecule has 1 aromatic heterocycles. The molecule has 0 aliphatic carbocycles. The lowest BCUT2D eigenvalue weighted by Crippen LogP contribution is -2.47. The fraction of sp³-hybridized carbons (Fsp3) is 0.545. The van der Waals surface area contributed by atoms with Gasteiger partial charge < -0.3 is 9.80 Å². The van der Waals surface area contributed by atoms with E-state index in [2.05, 4.69) is 10.1 Å². The van der Waals surface area contributed by atoms with Gasteiger partial charge in [-0.2, -0.15) is 5.10 Å². The highest BCUT2D eigenvalue weighted by molar-refractivity contribution is 5.83. The predicted octanol–water partition coefficient (Wildman–Crippen LogP) is 3.07. The summed E-state index contributed by atoms with van der Waals surface area (Å²) in [4.78, 5) is 33.2. The van der Waals surface area contributed by atoms with E-state index in [9.17, 15) is 9.59 Å². The Balaban J connectivity index is 1.59. The fourth-order valence-corrected chi connectivity index (χ4v) is 3.75. The molecule has 1 fully saturated rings. The van der Waals surface area contributed by atoms with E-state index in [1.54, 1.807) is 11.0 Å². The molecule has 156 valence electrons. The standard InChI is InChI=1S/C22H31N5O2/c1-16(17-6-8-19(9-7-17)27-15-23-14-24-27)25(5)20(28)18-10-12-26(13-11-18)21(29)22(2,3)4/h6-9,14-16,18H,10-13H2,1-5H3. The van der Waals surface area contributed by atoms with E-state index < -0.39 is 0 Å². The second kappa shape index (κ2) is 8.35. The molecular weight excluding hydrogens is 366 g/mol. The molecular formula is C22H31N5O2. The summed E-state index contributed by atoms with van der Waals surface area (Å²) in [5.41, 5.74) is 1.63. The van der Waals surface area contributed by atoms with Crippen molar-refractivity contribution in [1.82, 2.24) is 24.6 Å². The van der Waals surface area contributed by atoms with Crippen LogP contribution in [0.25, 0.3) is 5.69 Å². The Morgan fingerprint density at radius 2 is 1.76 bits per heavy atom. The second-order valence-corrected chi connectivity index (χ2v) is 8.87. The lowest BCUT2D eigenvalue weighted by Gasteiger charge is -2.37. The molecule has 0 bridgehead atoms. The summed E-state index contributed by atoms with van der Waals surface area (Å²) in [6, 6.07) is 7.98. The Bertz CT molecular complexity index is 831. The van der Waals surface area contributed by atoms with Gasteiger partial charge in [-0.3, -0.25) is 9.59 Å². The average Bonchev–Trinajstić information content (AvgIpc) is 3.26. The molecule has 2 heterocycles. The minimum Gasteiger partial charge on any atom is -0.342 e. The van der Waals surface area contributed by atoms with E-state index >= 15 is 0 Å². The van der Waals surface area contributed by atoms with Crippen LogP contribution >= 0.6 is 0 Å². The smallest absolute Gasteiger partial charge is 0.227 e. The molecule has 29 heavy (non-hydrogen) atoms. The summed E-state index contributed by atoms with van der Waals surface area (Å²) in [5.74, 6) is 0.291. The largest absolute Gasteiger partial charge is 0.342 e. The third kappa shape index (κ3) is 4.66. The van der Waals surface area contributed by atoms with Gasteiger partial charge in [0, 0.05) is 31.5 Å². The van der Waals surface area contributed by atoms with E-state index in [0.29, 0.717) is 13.1 Å². The van der Waals surface area contributed by atoms with Crippen LogP contribution in [0.4, 0.5) is 0 Å². The normalized spacial score (nSPS) is 16.5. The zero-order valence-electron chi connectivity index (χ0n) is 18.0. The van der Waals surface area contributed by atoms with Gasteiger partial charge in [0.2, 0.25) is 11.8 Å². The van der Waals surface area contributed by atoms with Gasteiger partial charge in [0.1, 0.15) is 12.7 Å². The van der Waals surface area contributed by atoms with Crippen LogP contribution < -0.4 is 0 Å². The molecule has 3 rings (SSSR count). The van der Waals surface area contributed by atoms with Crippen LogP contribution in [0.15, 0.2) is 36.9 Å². The number of piperidine rings is 1. The third-order valence-corrected chi connectivity index (χ3v) is 5.76. The van der Waals surface area contributed by atoms with Crippen molar-refractivity contribution in [2.24, 2.45) is 11.3 Å². The Morgan fingerprint density at radius 1 is 1.14 bits per heavy atom. The molecule has 1 aliphatic heterocycles. The van der Waals surface area contributed by atoms with E-state index in [4.69, 9.17) is 0 Å². The minimum absolute atomic E-state index is 0.0264. The van der Waals surface area contributed by atoms with Gasteiger partial charge in [0.15, 0.2) is 0 Å². The van der Waals surface area contributed by atoms with Crippen molar-refractivity contribution in [3.8, 4) is 5.69 Å². The number of likely N-dealkylation sites (tertiary alicyclic amines) is 1. The maximum absolute atomic E-state index is 13.0. The zero-order chi connectivity index (χ0) is 21.2. The van der Waals surface area contributed by atoms with Crippen LogP contribution in [0.3, 0.4) is 0 Å². The highest BCUT2D eigenvalue weighted by Crippen LogP contribution is 2.27. The molecule has 1 saturated heterocycles. The molecule has 2 amide bonds. The third-order valence-electron chi connectivity index (χ3n) is 5.76. The Hall–Kier alpha value is -2.70. The van der Waals surface area contributed by atoms with Crippen LogP contribution in [0.2, 0.25) is 0 Å². The summed E-state index contributed by atoms with van der Waals surface area (Å²) in [6.45, 7) is 9.17. The Kier molecular flexibility index (Phi) is 6.05. The van der Waals surface area contributed by atoms with Gasteiger partial charge in [-0.25, -0.2) is 9.67 Å². The quantitative estimate of drug-likeness (QED) is 0.795. The summed E-state index contributed by atoms with van der Waals surface area (Å²) in [6.07, 6.45) is 4.61. The molecule has 1 atom stereocenters. The Labute approximate surface area is 172 Å². The van der Waals surface area contributed by atoms with Crippen LogP contribution in [0, 0.1) is 11.3 Å². The molecule has 7 nitrogen and oxygen atoms in total. The summed E-state index contributed by atoms with van der Waals surface area (Å²) >= 11 is 0. The van der Waals surface area contributed by atoms with Crippen LogP contribution in [-0.2, 0) is 9.59 Å². The van der Waals surface area contributed by atoms with Gasteiger partial charge in [0.05, 0.1) is 11.7 Å². The predicted molar refractivity (Wildman–Crippen MR) is 111 cm³/mol. The lowest BCUT2D eigenvalue weighted by molar-refractivity contribution is -0.145. The lowest BCUT2D eigenvalue weighted by atomic mass is 9.90.